The summed E-state index contributed by atoms with van der Waals surface area (Å²) in [5.41, 5.74) is 7.41. The lowest BCUT2D eigenvalue weighted by molar-refractivity contribution is 0.0593. The van der Waals surface area contributed by atoms with Crippen LogP contribution in [-0.4, -0.2) is 19.7 Å². The third kappa shape index (κ3) is 4.04. The number of ether oxygens (including phenoxy) is 2. The Morgan fingerprint density at radius 3 is 2.78 bits per heavy atom. The summed E-state index contributed by atoms with van der Waals surface area (Å²) in [5, 5.41) is 0. The zero-order valence-corrected chi connectivity index (χ0v) is 11.1. The highest BCUT2D eigenvalue weighted by molar-refractivity contribution is 5.96. The number of hydrogen-bond donors (Lipinski definition) is 1. The smallest absolute Gasteiger partial charge is 0.340 e. The molecular weight excluding hydrogens is 230 g/mol. The Balaban J connectivity index is 2.64. The number of benzene rings is 1. The van der Waals surface area contributed by atoms with Crippen molar-refractivity contribution in [1.82, 2.24) is 0 Å². The first-order valence-electron chi connectivity index (χ1n) is 6.24. The molecule has 0 bridgehead atoms. The minimum absolute atomic E-state index is 0.388. The number of methoxy groups -OCH3 is 1. The van der Waals surface area contributed by atoms with Crippen LogP contribution in [-0.2, 0) is 16.1 Å². The minimum Gasteiger partial charge on any atom is -0.465 e. The van der Waals surface area contributed by atoms with E-state index in [9.17, 15) is 4.79 Å². The fourth-order valence-electron chi connectivity index (χ4n) is 1.73. The predicted molar refractivity (Wildman–Crippen MR) is 71.4 cm³/mol. The molecule has 0 heterocycles. The summed E-state index contributed by atoms with van der Waals surface area (Å²) in [4.78, 5) is 11.6. The number of nitrogens with two attached hydrogens (primary N) is 1. The molecule has 0 spiro atoms. The molecule has 2 N–H and O–H groups in total. The molecule has 1 aromatic carbocycles. The largest absolute Gasteiger partial charge is 0.465 e. The highest BCUT2D eigenvalue weighted by atomic mass is 16.5. The Hall–Kier alpha value is -1.55. The lowest BCUT2D eigenvalue weighted by Crippen LogP contribution is -2.10. The van der Waals surface area contributed by atoms with Crippen molar-refractivity contribution in [3.8, 4) is 0 Å². The Morgan fingerprint density at radius 2 is 2.11 bits per heavy atom. The second-order valence-corrected chi connectivity index (χ2v) is 4.13. The van der Waals surface area contributed by atoms with Gasteiger partial charge in [-0.3, -0.25) is 0 Å². The number of rotatable bonds is 7. The van der Waals surface area contributed by atoms with Crippen molar-refractivity contribution in [2.75, 3.05) is 19.5 Å². The van der Waals surface area contributed by atoms with Gasteiger partial charge in [0.05, 0.1) is 19.3 Å². The van der Waals surface area contributed by atoms with Gasteiger partial charge in [-0.1, -0.05) is 31.9 Å². The van der Waals surface area contributed by atoms with E-state index in [0.29, 0.717) is 24.5 Å². The number of nitrogen functional groups attached to an aromatic ring is 1. The molecule has 0 saturated heterocycles. The van der Waals surface area contributed by atoms with Crippen LogP contribution in [0.3, 0.4) is 0 Å². The predicted octanol–water partition coefficient (Wildman–Crippen LogP) is 2.76. The normalized spacial score (nSPS) is 10.3. The lowest BCUT2D eigenvalue weighted by atomic mass is 10.1. The van der Waals surface area contributed by atoms with Gasteiger partial charge in [-0.25, -0.2) is 4.79 Å². The maximum atomic E-state index is 11.6. The molecule has 0 aliphatic carbocycles. The van der Waals surface area contributed by atoms with Gasteiger partial charge < -0.3 is 15.2 Å². The lowest BCUT2D eigenvalue weighted by Gasteiger charge is -2.10. The minimum atomic E-state index is -0.416. The summed E-state index contributed by atoms with van der Waals surface area (Å²) in [5.74, 6) is -0.416. The molecular formula is C14H21NO3. The highest BCUT2D eigenvalue weighted by Crippen LogP contribution is 2.19. The van der Waals surface area contributed by atoms with Crippen LogP contribution in [0.1, 0.15) is 42.1 Å². The second-order valence-electron chi connectivity index (χ2n) is 4.13. The highest BCUT2D eigenvalue weighted by Gasteiger charge is 2.15. The third-order valence-electron chi connectivity index (χ3n) is 2.72. The number of carbonyl (C=O) groups is 1. The van der Waals surface area contributed by atoms with Crippen molar-refractivity contribution in [2.24, 2.45) is 0 Å². The summed E-state index contributed by atoms with van der Waals surface area (Å²) in [6.07, 6.45) is 3.35. The van der Waals surface area contributed by atoms with Crippen LogP contribution < -0.4 is 5.73 Å². The van der Waals surface area contributed by atoms with Gasteiger partial charge in [0, 0.05) is 12.3 Å². The second kappa shape index (κ2) is 7.71. The van der Waals surface area contributed by atoms with Crippen molar-refractivity contribution in [1.29, 1.82) is 0 Å². The summed E-state index contributed by atoms with van der Waals surface area (Å²) < 4.78 is 10.3. The van der Waals surface area contributed by atoms with E-state index in [2.05, 4.69) is 6.92 Å². The monoisotopic (exact) mass is 251 g/mol. The summed E-state index contributed by atoms with van der Waals surface area (Å²) in [6, 6.07) is 5.34. The molecule has 0 saturated carbocycles. The number of carbonyl (C=O) groups excluding carboxylic acids is 1. The molecule has 0 amide bonds. The van der Waals surface area contributed by atoms with Gasteiger partial charge in [0.2, 0.25) is 0 Å². The van der Waals surface area contributed by atoms with E-state index in [0.717, 1.165) is 24.8 Å². The topological polar surface area (TPSA) is 61.5 Å². The maximum absolute atomic E-state index is 11.6. The van der Waals surface area contributed by atoms with E-state index in [1.54, 1.807) is 6.07 Å². The molecule has 0 radical (unpaired) electrons. The SMILES string of the molecule is CCCCCOCc1cccc(N)c1C(=O)OC. The van der Waals surface area contributed by atoms with Gasteiger partial charge in [0.1, 0.15) is 0 Å². The molecule has 4 nitrogen and oxygen atoms in total. The van der Waals surface area contributed by atoms with Crippen molar-refractivity contribution in [2.45, 2.75) is 32.8 Å². The molecule has 1 rings (SSSR count). The van der Waals surface area contributed by atoms with Crippen molar-refractivity contribution >= 4 is 11.7 Å². The van der Waals surface area contributed by atoms with Crippen LogP contribution in [0.5, 0.6) is 0 Å². The number of unbranched alkanes of at least 4 members (excludes halogenated alkanes) is 2. The first kappa shape index (κ1) is 14.5. The van der Waals surface area contributed by atoms with E-state index in [4.69, 9.17) is 15.2 Å². The van der Waals surface area contributed by atoms with E-state index in [-0.39, 0.29) is 0 Å². The standard InChI is InChI=1S/C14H21NO3/c1-3-4-5-9-18-10-11-7-6-8-12(15)13(11)14(16)17-2/h6-8H,3-5,9-10,15H2,1-2H3. The van der Waals surface area contributed by atoms with Crippen LogP contribution in [0.2, 0.25) is 0 Å². The third-order valence-corrected chi connectivity index (χ3v) is 2.72. The Labute approximate surface area is 108 Å². The molecule has 0 fully saturated rings. The first-order valence-corrected chi connectivity index (χ1v) is 6.24. The molecule has 18 heavy (non-hydrogen) atoms. The van der Waals surface area contributed by atoms with Crippen LogP contribution in [0, 0.1) is 0 Å². The Morgan fingerprint density at radius 1 is 1.33 bits per heavy atom. The molecule has 0 unspecified atom stereocenters. The van der Waals surface area contributed by atoms with Gasteiger partial charge >= 0.3 is 5.97 Å². The molecule has 1 aromatic rings. The van der Waals surface area contributed by atoms with Gasteiger partial charge in [0.15, 0.2) is 0 Å². The summed E-state index contributed by atoms with van der Waals surface area (Å²) in [7, 11) is 1.35. The Bertz CT molecular complexity index is 391. The molecule has 0 aliphatic heterocycles. The molecule has 100 valence electrons. The number of esters is 1. The van der Waals surface area contributed by atoms with E-state index < -0.39 is 5.97 Å². The molecule has 0 aromatic heterocycles. The van der Waals surface area contributed by atoms with Crippen LogP contribution in [0.4, 0.5) is 5.69 Å². The van der Waals surface area contributed by atoms with Gasteiger partial charge in [-0.05, 0) is 18.1 Å². The summed E-state index contributed by atoms with van der Waals surface area (Å²) >= 11 is 0. The maximum Gasteiger partial charge on any atom is 0.340 e. The van der Waals surface area contributed by atoms with Crippen LogP contribution >= 0.6 is 0 Å². The van der Waals surface area contributed by atoms with E-state index >= 15 is 0 Å². The van der Waals surface area contributed by atoms with E-state index in [1.807, 2.05) is 12.1 Å². The van der Waals surface area contributed by atoms with Crippen LogP contribution in [0.15, 0.2) is 18.2 Å². The number of anilines is 1. The van der Waals surface area contributed by atoms with Gasteiger partial charge in [-0.15, -0.1) is 0 Å². The van der Waals surface area contributed by atoms with Crippen LogP contribution in [0.25, 0.3) is 0 Å². The number of hydrogen-bond acceptors (Lipinski definition) is 4. The molecule has 0 aliphatic rings. The zero-order chi connectivity index (χ0) is 13.4. The van der Waals surface area contributed by atoms with Crippen molar-refractivity contribution in [3.63, 3.8) is 0 Å². The summed E-state index contributed by atoms with van der Waals surface area (Å²) in [6.45, 7) is 3.23. The first-order chi connectivity index (χ1) is 8.70. The van der Waals surface area contributed by atoms with Gasteiger partial charge in [-0.2, -0.15) is 0 Å². The quantitative estimate of drug-likeness (QED) is 0.460. The molecule has 0 atom stereocenters. The fourth-order valence-corrected chi connectivity index (χ4v) is 1.73. The average molecular weight is 251 g/mol. The van der Waals surface area contributed by atoms with Gasteiger partial charge in [0.25, 0.3) is 0 Å². The average Bonchev–Trinajstić information content (AvgIpc) is 2.38. The fraction of sp³-hybridized carbons (Fsp3) is 0.500. The van der Waals surface area contributed by atoms with Crippen molar-refractivity contribution < 1.29 is 14.3 Å². The van der Waals surface area contributed by atoms with Crippen molar-refractivity contribution in [3.05, 3.63) is 29.3 Å². The zero-order valence-electron chi connectivity index (χ0n) is 11.1. The van der Waals surface area contributed by atoms with E-state index in [1.165, 1.54) is 7.11 Å². The Kier molecular flexibility index (Phi) is 6.22. The molecule has 4 heteroatoms.